The highest BCUT2D eigenvalue weighted by atomic mass is 35.5. The Balaban J connectivity index is 1.65. The summed E-state index contributed by atoms with van der Waals surface area (Å²) in [6, 6.07) is 4.67. The fraction of sp³-hybridized carbons (Fsp3) is 0.545. The summed E-state index contributed by atoms with van der Waals surface area (Å²) < 4.78 is 1.83. The Morgan fingerprint density at radius 1 is 1.19 bits per heavy atom. The first kappa shape index (κ1) is 24.9. The lowest BCUT2D eigenvalue weighted by molar-refractivity contribution is -0.119. The average molecular weight is 498 g/mol. The second-order valence-corrected chi connectivity index (χ2v) is 10.2. The maximum Gasteiger partial charge on any atom is 0.253 e. The van der Waals surface area contributed by atoms with Gasteiger partial charge in [0.2, 0.25) is 5.91 Å². The molecule has 1 aromatic carbocycles. The van der Waals surface area contributed by atoms with Crippen LogP contribution in [0.2, 0.25) is 10.0 Å². The van der Waals surface area contributed by atoms with Crippen molar-refractivity contribution in [1.82, 2.24) is 25.4 Å². The number of thioether (sulfide) groups is 1. The predicted octanol–water partition coefficient (Wildman–Crippen LogP) is 4.79. The molecule has 0 spiro atoms. The predicted molar refractivity (Wildman–Crippen MR) is 128 cm³/mol. The van der Waals surface area contributed by atoms with Crippen molar-refractivity contribution >= 4 is 46.8 Å². The number of carbonyl (C=O) groups excluding carboxylic acids is 2. The lowest BCUT2D eigenvalue weighted by Gasteiger charge is -2.23. The van der Waals surface area contributed by atoms with Crippen molar-refractivity contribution in [2.75, 3.05) is 5.75 Å². The molecule has 2 aromatic rings. The first-order valence-electron chi connectivity index (χ1n) is 10.8. The summed E-state index contributed by atoms with van der Waals surface area (Å²) in [6.45, 7) is 3.99. The number of carbonyl (C=O) groups is 2. The zero-order valence-electron chi connectivity index (χ0n) is 18.5. The molecule has 0 saturated heterocycles. The van der Waals surface area contributed by atoms with E-state index in [2.05, 4.69) is 20.8 Å². The van der Waals surface area contributed by atoms with Gasteiger partial charge in [0.05, 0.1) is 22.4 Å². The minimum atomic E-state index is -0.378. The first-order valence-corrected chi connectivity index (χ1v) is 12.6. The van der Waals surface area contributed by atoms with Gasteiger partial charge in [-0.15, -0.1) is 10.2 Å². The van der Waals surface area contributed by atoms with Gasteiger partial charge in [-0.25, -0.2) is 0 Å². The lowest BCUT2D eigenvalue weighted by Crippen LogP contribution is -2.37. The van der Waals surface area contributed by atoms with E-state index in [-0.39, 0.29) is 40.6 Å². The van der Waals surface area contributed by atoms with Gasteiger partial charge in [0, 0.05) is 18.1 Å². The van der Waals surface area contributed by atoms with E-state index in [0.717, 1.165) is 12.8 Å². The van der Waals surface area contributed by atoms with E-state index >= 15 is 0 Å². The molecule has 32 heavy (non-hydrogen) atoms. The summed E-state index contributed by atoms with van der Waals surface area (Å²) in [5.74, 6) is 0.655. The van der Waals surface area contributed by atoms with Gasteiger partial charge in [0.1, 0.15) is 0 Å². The lowest BCUT2D eigenvalue weighted by atomic mass is 9.95. The van der Waals surface area contributed by atoms with E-state index < -0.39 is 0 Å². The molecule has 0 aliphatic heterocycles. The van der Waals surface area contributed by atoms with Crippen molar-refractivity contribution in [3.63, 3.8) is 0 Å². The normalized spacial score (nSPS) is 15.6. The zero-order chi connectivity index (χ0) is 23.3. The standard InChI is InChI=1S/C22H29Cl2N5O2S/c1-13(2)19(26-21(31)16-10-9-14(23)11-17(16)24)20-27-28-22(29(20)3)32-12-18(30)25-15-7-5-4-6-8-15/h9-11,13,15,19H,4-8,12H2,1-3H3,(H,25,30)(H,26,31)/t19-/m0/s1. The number of amides is 2. The van der Waals surface area contributed by atoms with Crippen molar-refractivity contribution < 1.29 is 9.59 Å². The van der Waals surface area contributed by atoms with Crippen LogP contribution in [0.15, 0.2) is 23.4 Å². The summed E-state index contributed by atoms with van der Waals surface area (Å²) in [4.78, 5) is 25.2. The Kier molecular flexibility index (Phi) is 8.85. The second-order valence-electron chi connectivity index (χ2n) is 8.41. The van der Waals surface area contributed by atoms with E-state index in [9.17, 15) is 9.59 Å². The highest BCUT2D eigenvalue weighted by molar-refractivity contribution is 7.99. The molecular formula is C22H29Cl2N5O2S. The van der Waals surface area contributed by atoms with Crippen molar-refractivity contribution in [2.24, 2.45) is 13.0 Å². The van der Waals surface area contributed by atoms with Gasteiger partial charge in [-0.05, 0) is 37.0 Å². The van der Waals surface area contributed by atoms with Crippen LogP contribution in [-0.2, 0) is 11.8 Å². The summed E-state index contributed by atoms with van der Waals surface area (Å²) in [6.07, 6.45) is 5.71. The Bertz CT molecular complexity index is 960. The van der Waals surface area contributed by atoms with Crippen molar-refractivity contribution in [3.8, 4) is 0 Å². The van der Waals surface area contributed by atoms with Crippen LogP contribution >= 0.6 is 35.0 Å². The van der Waals surface area contributed by atoms with Crippen LogP contribution in [-0.4, -0.2) is 38.4 Å². The van der Waals surface area contributed by atoms with Gasteiger partial charge in [-0.2, -0.15) is 0 Å². The highest BCUT2D eigenvalue weighted by Gasteiger charge is 2.26. The fourth-order valence-electron chi connectivity index (χ4n) is 3.79. The van der Waals surface area contributed by atoms with Gasteiger partial charge in [0.25, 0.3) is 5.91 Å². The van der Waals surface area contributed by atoms with Crippen LogP contribution < -0.4 is 10.6 Å². The van der Waals surface area contributed by atoms with Gasteiger partial charge in [-0.3, -0.25) is 9.59 Å². The van der Waals surface area contributed by atoms with Gasteiger partial charge in [-0.1, -0.05) is 68.1 Å². The van der Waals surface area contributed by atoms with Gasteiger partial charge >= 0.3 is 0 Å². The molecule has 0 radical (unpaired) electrons. The van der Waals surface area contributed by atoms with E-state index in [1.807, 2.05) is 25.5 Å². The van der Waals surface area contributed by atoms with Crippen molar-refractivity contribution in [2.45, 2.75) is 63.2 Å². The van der Waals surface area contributed by atoms with E-state index in [0.29, 0.717) is 21.6 Å². The number of benzene rings is 1. The molecule has 1 aliphatic rings. The molecule has 10 heteroatoms. The number of hydrogen-bond donors (Lipinski definition) is 2. The monoisotopic (exact) mass is 497 g/mol. The number of rotatable bonds is 8. The second kappa shape index (κ2) is 11.4. The largest absolute Gasteiger partial charge is 0.353 e. The molecule has 0 unspecified atom stereocenters. The highest BCUT2D eigenvalue weighted by Crippen LogP contribution is 2.26. The SMILES string of the molecule is CC(C)[C@H](NC(=O)c1ccc(Cl)cc1Cl)c1nnc(SCC(=O)NC2CCCCC2)n1C. The van der Waals surface area contributed by atoms with E-state index in [1.54, 1.807) is 12.1 Å². The minimum Gasteiger partial charge on any atom is -0.353 e. The maximum absolute atomic E-state index is 12.8. The molecule has 3 rings (SSSR count). The van der Waals surface area contributed by atoms with Gasteiger partial charge in [0.15, 0.2) is 11.0 Å². The number of halogens is 2. The number of hydrogen-bond acceptors (Lipinski definition) is 5. The summed E-state index contributed by atoms with van der Waals surface area (Å²) >= 11 is 13.5. The minimum absolute atomic E-state index is 0.0116. The third-order valence-electron chi connectivity index (χ3n) is 5.58. The molecule has 1 fully saturated rings. The third-order valence-corrected chi connectivity index (χ3v) is 7.15. The fourth-order valence-corrected chi connectivity index (χ4v) is 5.01. The van der Waals surface area contributed by atoms with E-state index in [1.165, 1.54) is 37.1 Å². The Morgan fingerprint density at radius 3 is 2.56 bits per heavy atom. The molecule has 2 N–H and O–H groups in total. The molecule has 1 aromatic heterocycles. The Hall–Kier alpha value is -1.77. The smallest absolute Gasteiger partial charge is 0.253 e. The van der Waals surface area contributed by atoms with E-state index in [4.69, 9.17) is 23.2 Å². The molecule has 1 saturated carbocycles. The van der Waals surface area contributed by atoms with Crippen LogP contribution in [0.25, 0.3) is 0 Å². The summed E-state index contributed by atoms with van der Waals surface area (Å²) in [5, 5.41) is 16.1. The summed E-state index contributed by atoms with van der Waals surface area (Å²) in [5.41, 5.74) is 0.345. The molecule has 174 valence electrons. The van der Waals surface area contributed by atoms with Crippen LogP contribution in [0.5, 0.6) is 0 Å². The zero-order valence-corrected chi connectivity index (χ0v) is 20.9. The third kappa shape index (κ3) is 6.39. The van der Waals surface area contributed by atoms with Crippen LogP contribution in [0, 0.1) is 5.92 Å². The van der Waals surface area contributed by atoms with Crippen molar-refractivity contribution in [1.29, 1.82) is 0 Å². The quantitative estimate of drug-likeness (QED) is 0.511. The average Bonchev–Trinajstić information content (AvgIpc) is 3.11. The Labute approximate surface area is 203 Å². The molecular weight excluding hydrogens is 469 g/mol. The van der Waals surface area contributed by atoms with Crippen LogP contribution in [0.3, 0.4) is 0 Å². The molecule has 0 bridgehead atoms. The van der Waals surface area contributed by atoms with Crippen LogP contribution in [0.1, 0.15) is 68.2 Å². The Morgan fingerprint density at radius 2 is 1.91 bits per heavy atom. The van der Waals surface area contributed by atoms with Gasteiger partial charge < -0.3 is 15.2 Å². The maximum atomic E-state index is 12.8. The molecule has 1 aliphatic carbocycles. The van der Waals surface area contributed by atoms with Crippen LogP contribution in [0.4, 0.5) is 0 Å². The number of nitrogens with zero attached hydrogens (tertiary/aromatic N) is 3. The van der Waals surface area contributed by atoms with Crippen molar-refractivity contribution in [3.05, 3.63) is 39.6 Å². The topological polar surface area (TPSA) is 88.9 Å². The summed E-state index contributed by atoms with van der Waals surface area (Å²) in [7, 11) is 1.84. The first-order chi connectivity index (χ1) is 15.3. The number of aromatic nitrogens is 3. The number of nitrogens with one attached hydrogen (secondary N) is 2. The molecule has 2 amide bonds. The molecule has 1 atom stereocenters. The molecule has 7 nitrogen and oxygen atoms in total. The molecule has 1 heterocycles.